The van der Waals surface area contributed by atoms with E-state index in [0.717, 1.165) is 38.5 Å². The summed E-state index contributed by atoms with van der Waals surface area (Å²) >= 11 is 0. The van der Waals surface area contributed by atoms with Crippen molar-refractivity contribution in [2.75, 3.05) is 39.3 Å². The third-order valence-corrected chi connectivity index (χ3v) is 4.26. The van der Waals surface area contributed by atoms with Crippen LogP contribution in [0.25, 0.3) is 0 Å². The predicted molar refractivity (Wildman–Crippen MR) is 80.0 cm³/mol. The summed E-state index contributed by atoms with van der Waals surface area (Å²) in [6.45, 7) is 10.0. The molecule has 2 N–H and O–H groups in total. The van der Waals surface area contributed by atoms with E-state index in [0.29, 0.717) is 12.3 Å². The smallest absolute Gasteiger partial charge is 0.222 e. The van der Waals surface area contributed by atoms with Gasteiger partial charge in [-0.2, -0.15) is 0 Å². The van der Waals surface area contributed by atoms with Crippen molar-refractivity contribution in [1.82, 2.24) is 9.80 Å². The van der Waals surface area contributed by atoms with Crippen molar-refractivity contribution in [2.45, 2.75) is 46.0 Å². The molecule has 0 unspecified atom stereocenters. The predicted octanol–water partition coefficient (Wildman–Crippen LogP) is 1.70. The molecule has 0 bridgehead atoms. The molecule has 1 aliphatic heterocycles. The van der Waals surface area contributed by atoms with Gasteiger partial charge in [0.25, 0.3) is 0 Å². The minimum Gasteiger partial charge on any atom is -0.343 e. The van der Waals surface area contributed by atoms with Crippen molar-refractivity contribution < 1.29 is 4.79 Å². The second-order valence-corrected chi connectivity index (χ2v) is 5.53. The van der Waals surface area contributed by atoms with Gasteiger partial charge in [-0.05, 0) is 71.6 Å². The molecule has 1 saturated heterocycles. The van der Waals surface area contributed by atoms with E-state index in [2.05, 4.69) is 4.90 Å². The van der Waals surface area contributed by atoms with Gasteiger partial charge in [0.2, 0.25) is 5.91 Å². The number of piperidine rings is 1. The zero-order valence-corrected chi connectivity index (χ0v) is 12.7. The lowest BCUT2D eigenvalue weighted by Gasteiger charge is -2.31. The lowest BCUT2D eigenvalue weighted by Crippen LogP contribution is -2.36. The summed E-state index contributed by atoms with van der Waals surface area (Å²) < 4.78 is 0. The van der Waals surface area contributed by atoms with Gasteiger partial charge < -0.3 is 15.5 Å². The number of nitrogens with two attached hydrogens (primary N) is 1. The molecule has 0 saturated carbocycles. The number of amides is 1. The molecule has 0 aromatic carbocycles. The highest BCUT2D eigenvalue weighted by molar-refractivity contribution is 5.76. The van der Waals surface area contributed by atoms with Gasteiger partial charge in [0.15, 0.2) is 0 Å². The van der Waals surface area contributed by atoms with E-state index in [9.17, 15) is 4.79 Å². The number of hydrogen-bond acceptors (Lipinski definition) is 3. The lowest BCUT2D eigenvalue weighted by atomic mass is 9.93. The highest BCUT2D eigenvalue weighted by Crippen LogP contribution is 2.19. The standard InChI is InChI=1S/C15H31N3O/c1-3-18(4-2)15(19)6-5-11-17-12-8-14(7-10-16)9-13-17/h14H,3-13,16H2,1-2H3. The van der Waals surface area contributed by atoms with Crippen LogP contribution in [0.2, 0.25) is 0 Å². The maximum Gasteiger partial charge on any atom is 0.222 e. The Morgan fingerprint density at radius 3 is 2.42 bits per heavy atom. The van der Waals surface area contributed by atoms with E-state index in [1.807, 2.05) is 18.7 Å². The zero-order valence-electron chi connectivity index (χ0n) is 12.7. The van der Waals surface area contributed by atoms with Crippen LogP contribution in [0.15, 0.2) is 0 Å². The second kappa shape index (κ2) is 9.32. The van der Waals surface area contributed by atoms with E-state index in [4.69, 9.17) is 5.73 Å². The van der Waals surface area contributed by atoms with Gasteiger partial charge in [0, 0.05) is 19.5 Å². The molecule has 0 radical (unpaired) electrons. The van der Waals surface area contributed by atoms with E-state index in [1.54, 1.807) is 0 Å². The molecular formula is C15H31N3O. The minimum atomic E-state index is 0.308. The van der Waals surface area contributed by atoms with Crippen LogP contribution in [0.5, 0.6) is 0 Å². The number of nitrogens with zero attached hydrogens (tertiary/aromatic N) is 2. The molecule has 4 nitrogen and oxygen atoms in total. The molecule has 0 spiro atoms. The first-order valence-corrected chi connectivity index (χ1v) is 7.91. The fourth-order valence-corrected chi connectivity index (χ4v) is 2.92. The molecular weight excluding hydrogens is 238 g/mol. The zero-order chi connectivity index (χ0) is 14.1. The summed E-state index contributed by atoms with van der Waals surface area (Å²) in [5.41, 5.74) is 5.61. The van der Waals surface area contributed by atoms with Gasteiger partial charge in [-0.1, -0.05) is 0 Å². The van der Waals surface area contributed by atoms with Gasteiger partial charge in [-0.15, -0.1) is 0 Å². The van der Waals surface area contributed by atoms with Gasteiger partial charge >= 0.3 is 0 Å². The Morgan fingerprint density at radius 1 is 1.26 bits per heavy atom. The van der Waals surface area contributed by atoms with Crippen LogP contribution >= 0.6 is 0 Å². The third kappa shape index (κ3) is 5.91. The Hall–Kier alpha value is -0.610. The first-order valence-electron chi connectivity index (χ1n) is 7.91. The number of likely N-dealkylation sites (tertiary alicyclic amines) is 1. The summed E-state index contributed by atoms with van der Waals surface area (Å²) in [5, 5.41) is 0. The fraction of sp³-hybridized carbons (Fsp3) is 0.933. The van der Waals surface area contributed by atoms with Crippen LogP contribution in [0.3, 0.4) is 0 Å². The average Bonchev–Trinajstić information content (AvgIpc) is 2.42. The Morgan fingerprint density at radius 2 is 1.89 bits per heavy atom. The van der Waals surface area contributed by atoms with Crippen LogP contribution in [0, 0.1) is 5.92 Å². The molecule has 1 heterocycles. The van der Waals surface area contributed by atoms with Gasteiger partial charge in [-0.25, -0.2) is 0 Å². The van der Waals surface area contributed by atoms with Crippen molar-refractivity contribution in [1.29, 1.82) is 0 Å². The van der Waals surface area contributed by atoms with Gasteiger partial charge in [-0.3, -0.25) is 4.79 Å². The average molecular weight is 269 g/mol. The third-order valence-electron chi connectivity index (χ3n) is 4.26. The lowest BCUT2D eigenvalue weighted by molar-refractivity contribution is -0.131. The van der Waals surface area contributed by atoms with Crippen molar-refractivity contribution >= 4 is 5.91 Å². The molecule has 1 rings (SSSR count). The largest absolute Gasteiger partial charge is 0.343 e. The molecule has 1 aliphatic rings. The van der Waals surface area contributed by atoms with E-state index < -0.39 is 0 Å². The molecule has 0 aromatic heterocycles. The Bertz CT molecular complexity index is 246. The number of carbonyl (C=O) groups excluding carboxylic acids is 1. The van der Waals surface area contributed by atoms with Crippen molar-refractivity contribution in [2.24, 2.45) is 11.7 Å². The molecule has 4 heteroatoms. The SMILES string of the molecule is CCN(CC)C(=O)CCCN1CCC(CCN)CC1. The maximum absolute atomic E-state index is 11.9. The van der Waals surface area contributed by atoms with Gasteiger partial charge in [0.1, 0.15) is 0 Å². The molecule has 0 aliphatic carbocycles. The van der Waals surface area contributed by atoms with E-state index >= 15 is 0 Å². The molecule has 112 valence electrons. The minimum absolute atomic E-state index is 0.308. The van der Waals surface area contributed by atoms with Crippen molar-refractivity contribution in [3.63, 3.8) is 0 Å². The van der Waals surface area contributed by atoms with Crippen LogP contribution < -0.4 is 5.73 Å². The molecule has 0 aromatic rings. The van der Waals surface area contributed by atoms with Crippen LogP contribution in [0.4, 0.5) is 0 Å². The molecule has 19 heavy (non-hydrogen) atoms. The first kappa shape index (κ1) is 16.4. The number of rotatable bonds is 8. The van der Waals surface area contributed by atoms with Crippen molar-refractivity contribution in [3.05, 3.63) is 0 Å². The summed E-state index contributed by atoms with van der Waals surface area (Å²) in [4.78, 5) is 16.3. The summed E-state index contributed by atoms with van der Waals surface area (Å²) in [7, 11) is 0. The van der Waals surface area contributed by atoms with Crippen LogP contribution in [-0.4, -0.2) is 55.0 Å². The van der Waals surface area contributed by atoms with Crippen LogP contribution in [-0.2, 0) is 4.79 Å². The Kier molecular flexibility index (Phi) is 8.07. The Labute approximate surface area is 118 Å². The first-order chi connectivity index (χ1) is 9.21. The second-order valence-electron chi connectivity index (χ2n) is 5.53. The van der Waals surface area contributed by atoms with Crippen molar-refractivity contribution in [3.8, 4) is 0 Å². The normalized spacial score (nSPS) is 17.6. The topological polar surface area (TPSA) is 49.6 Å². The molecule has 0 atom stereocenters. The summed E-state index contributed by atoms with van der Waals surface area (Å²) in [6.07, 6.45) is 5.43. The fourth-order valence-electron chi connectivity index (χ4n) is 2.92. The van der Waals surface area contributed by atoms with Crippen LogP contribution in [0.1, 0.15) is 46.0 Å². The molecule has 1 amide bonds. The monoisotopic (exact) mass is 269 g/mol. The van der Waals surface area contributed by atoms with E-state index in [1.165, 1.54) is 32.4 Å². The maximum atomic E-state index is 11.9. The highest BCUT2D eigenvalue weighted by Gasteiger charge is 2.18. The van der Waals surface area contributed by atoms with E-state index in [-0.39, 0.29) is 0 Å². The van der Waals surface area contributed by atoms with Gasteiger partial charge in [0.05, 0.1) is 0 Å². The highest BCUT2D eigenvalue weighted by atomic mass is 16.2. The summed E-state index contributed by atoms with van der Waals surface area (Å²) in [6, 6.07) is 0. The summed E-state index contributed by atoms with van der Waals surface area (Å²) in [5.74, 6) is 1.14. The quantitative estimate of drug-likeness (QED) is 0.729. The Balaban J connectivity index is 2.12. The number of carbonyl (C=O) groups is 1. The number of hydrogen-bond donors (Lipinski definition) is 1. The molecule has 1 fully saturated rings.